The van der Waals surface area contributed by atoms with Crippen LogP contribution in [0, 0.1) is 0 Å². The Kier molecular flexibility index (Phi) is 6.29. The van der Waals surface area contributed by atoms with Gasteiger partial charge in [0, 0.05) is 25.5 Å². The number of benzene rings is 1. The number of sulfone groups is 1. The van der Waals surface area contributed by atoms with Crippen molar-refractivity contribution in [1.29, 1.82) is 0 Å². The molecule has 0 saturated carbocycles. The number of halogens is 3. The summed E-state index contributed by atoms with van der Waals surface area (Å²) >= 11 is 0. The van der Waals surface area contributed by atoms with Crippen molar-refractivity contribution >= 4 is 27.5 Å². The van der Waals surface area contributed by atoms with E-state index in [2.05, 4.69) is 4.98 Å². The van der Waals surface area contributed by atoms with Gasteiger partial charge in [-0.3, -0.25) is 9.78 Å². The largest absolute Gasteiger partial charge is 0.501 e. The van der Waals surface area contributed by atoms with Crippen LogP contribution in [-0.2, 0) is 27.7 Å². The number of hydrogen-bond acceptors (Lipinski definition) is 6. The number of alkyl halides is 3. The Morgan fingerprint density at radius 1 is 1.06 bits per heavy atom. The maximum atomic E-state index is 13.0. The lowest BCUT2D eigenvalue weighted by Gasteiger charge is -2.22. The van der Waals surface area contributed by atoms with Crippen LogP contribution in [0.5, 0.6) is 0 Å². The van der Waals surface area contributed by atoms with E-state index in [1.54, 1.807) is 25.4 Å². The molecule has 3 rings (SSSR count). The minimum Gasteiger partial charge on any atom is -0.308 e. The number of carbonyl (C=O) groups is 2. The molecule has 1 saturated heterocycles. The fourth-order valence-electron chi connectivity index (χ4n) is 3.34. The molecule has 0 spiro atoms. The van der Waals surface area contributed by atoms with Crippen LogP contribution >= 0.6 is 0 Å². The first-order valence-electron chi connectivity index (χ1n) is 9.47. The van der Waals surface area contributed by atoms with Crippen LogP contribution in [0.1, 0.15) is 18.1 Å². The molecule has 0 radical (unpaired) electrons. The molecule has 3 amide bonds. The normalized spacial score (nSPS) is 17.5. The van der Waals surface area contributed by atoms with Crippen molar-refractivity contribution in [2.45, 2.75) is 36.5 Å². The van der Waals surface area contributed by atoms with Gasteiger partial charge < -0.3 is 9.80 Å². The quantitative estimate of drug-likeness (QED) is 0.603. The molecule has 12 heteroatoms. The predicted octanol–water partition coefficient (Wildman–Crippen LogP) is 2.79. The van der Waals surface area contributed by atoms with Crippen LogP contribution in [0.25, 0.3) is 0 Å². The number of rotatable bonds is 6. The number of pyridine rings is 1. The summed E-state index contributed by atoms with van der Waals surface area (Å²) in [5.74, 6) is -0.565. The lowest BCUT2D eigenvalue weighted by Crippen LogP contribution is -2.34. The molecule has 2 aromatic rings. The van der Waals surface area contributed by atoms with E-state index < -0.39 is 38.2 Å². The van der Waals surface area contributed by atoms with Crippen LogP contribution in [0.2, 0.25) is 0 Å². The monoisotopic (exact) mass is 470 g/mol. The molecule has 2 heterocycles. The van der Waals surface area contributed by atoms with Gasteiger partial charge in [-0.15, -0.1) is 0 Å². The van der Waals surface area contributed by atoms with Crippen LogP contribution < -0.4 is 4.90 Å². The van der Waals surface area contributed by atoms with E-state index >= 15 is 0 Å². The van der Waals surface area contributed by atoms with Gasteiger partial charge in [0.1, 0.15) is 6.04 Å². The van der Waals surface area contributed by atoms with Gasteiger partial charge in [-0.05, 0) is 62.5 Å². The number of nitrogens with zero attached hydrogens (tertiary/aromatic N) is 4. The van der Waals surface area contributed by atoms with Crippen LogP contribution in [0.4, 0.5) is 23.7 Å². The molecule has 1 aliphatic rings. The number of amides is 3. The fourth-order valence-corrected chi connectivity index (χ4v) is 4.10. The van der Waals surface area contributed by atoms with Crippen molar-refractivity contribution in [2.75, 3.05) is 19.0 Å². The summed E-state index contributed by atoms with van der Waals surface area (Å²) in [5.41, 5.74) is -3.78. The first kappa shape index (κ1) is 23.7. The van der Waals surface area contributed by atoms with E-state index in [1.807, 2.05) is 19.0 Å². The second-order valence-corrected chi connectivity index (χ2v) is 9.53. The molecular weight excluding hydrogens is 449 g/mol. The Bertz CT molecular complexity index is 1130. The zero-order valence-electron chi connectivity index (χ0n) is 17.5. The maximum Gasteiger partial charge on any atom is 0.501 e. The molecule has 1 aromatic heterocycles. The standard InChI is InChI=1S/C20H21F3N4O4S/c1-13-18(28)27(16-4-6-17(7-5-16)32(30,31)20(21,22)23)19(29)26(13)12-14-8-9-24-10-15(14)11-25(2)3/h4-10,13H,11-12H2,1-3H3. The summed E-state index contributed by atoms with van der Waals surface area (Å²) in [7, 11) is -1.76. The van der Waals surface area contributed by atoms with Gasteiger partial charge in [-0.2, -0.15) is 13.2 Å². The Labute approximate surface area is 183 Å². The highest BCUT2D eigenvalue weighted by Gasteiger charge is 2.47. The molecule has 0 aliphatic carbocycles. The second-order valence-electron chi connectivity index (χ2n) is 7.59. The molecule has 1 atom stereocenters. The number of urea groups is 1. The van der Waals surface area contributed by atoms with Gasteiger partial charge in [0.25, 0.3) is 15.7 Å². The molecule has 1 aliphatic heterocycles. The molecule has 0 bridgehead atoms. The first-order chi connectivity index (χ1) is 14.8. The summed E-state index contributed by atoms with van der Waals surface area (Å²) in [6.45, 7) is 2.26. The third kappa shape index (κ3) is 4.32. The molecule has 172 valence electrons. The van der Waals surface area contributed by atoms with Gasteiger partial charge in [0.15, 0.2) is 0 Å². The van der Waals surface area contributed by atoms with E-state index in [1.165, 1.54) is 4.90 Å². The van der Waals surface area contributed by atoms with Crippen LogP contribution in [0.15, 0.2) is 47.6 Å². The topological polar surface area (TPSA) is 90.9 Å². The molecular formula is C20H21F3N4O4S. The van der Waals surface area contributed by atoms with E-state index in [4.69, 9.17) is 0 Å². The zero-order valence-corrected chi connectivity index (χ0v) is 18.3. The summed E-state index contributed by atoms with van der Waals surface area (Å²) in [5, 5.41) is 0. The minimum absolute atomic E-state index is 0.0151. The Hall–Kier alpha value is -2.99. The molecule has 1 aromatic carbocycles. The summed E-state index contributed by atoms with van der Waals surface area (Å²) in [4.78, 5) is 33.0. The number of hydrogen-bond donors (Lipinski definition) is 0. The average Bonchev–Trinajstić information content (AvgIpc) is 2.91. The summed E-state index contributed by atoms with van der Waals surface area (Å²) in [6.07, 6.45) is 3.26. The number of aromatic nitrogens is 1. The lowest BCUT2D eigenvalue weighted by molar-refractivity contribution is -0.119. The summed E-state index contributed by atoms with van der Waals surface area (Å²) in [6, 6.07) is 3.75. The van der Waals surface area contributed by atoms with Gasteiger partial charge >= 0.3 is 11.5 Å². The lowest BCUT2D eigenvalue weighted by atomic mass is 10.1. The number of anilines is 1. The highest BCUT2D eigenvalue weighted by Crippen LogP contribution is 2.33. The van der Waals surface area contributed by atoms with Crippen molar-refractivity contribution in [3.63, 3.8) is 0 Å². The van der Waals surface area contributed by atoms with Crippen molar-refractivity contribution in [3.8, 4) is 0 Å². The van der Waals surface area contributed by atoms with Crippen molar-refractivity contribution in [1.82, 2.24) is 14.8 Å². The summed E-state index contributed by atoms with van der Waals surface area (Å²) < 4.78 is 61.3. The van der Waals surface area contributed by atoms with Crippen molar-refractivity contribution < 1.29 is 31.2 Å². The van der Waals surface area contributed by atoms with Crippen molar-refractivity contribution in [3.05, 3.63) is 53.9 Å². The molecule has 1 fully saturated rings. The maximum absolute atomic E-state index is 13.0. The first-order valence-corrected chi connectivity index (χ1v) is 11.0. The molecule has 32 heavy (non-hydrogen) atoms. The van der Waals surface area contributed by atoms with E-state index in [-0.39, 0.29) is 12.2 Å². The van der Waals surface area contributed by atoms with E-state index in [0.29, 0.717) is 6.54 Å². The van der Waals surface area contributed by atoms with E-state index in [9.17, 15) is 31.2 Å². The Morgan fingerprint density at radius 3 is 2.25 bits per heavy atom. The Balaban J connectivity index is 1.87. The van der Waals surface area contributed by atoms with Crippen LogP contribution in [0.3, 0.4) is 0 Å². The predicted molar refractivity (Wildman–Crippen MR) is 109 cm³/mol. The molecule has 0 N–H and O–H groups in total. The van der Waals surface area contributed by atoms with E-state index in [0.717, 1.165) is 40.3 Å². The van der Waals surface area contributed by atoms with Gasteiger partial charge in [-0.1, -0.05) is 0 Å². The smallest absolute Gasteiger partial charge is 0.308 e. The third-order valence-electron chi connectivity index (χ3n) is 5.02. The second kappa shape index (κ2) is 8.51. The molecule has 1 unspecified atom stereocenters. The zero-order chi connectivity index (χ0) is 23.8. The highest BCUT2D eigenvalue weighted by atomic mass is 32.2. The van der Waals surface area contributed by atoms with Crippen molar-refractivity contribution in [2.24, 2.45) is 0 Å². The minimum atomic E-state index is -5.53. The fraction of sp³-hybridized carbons (Fsp3) is 0.350. The van der Waals surface area contributed by atoms with Crippen LogP contribution in [-0.4, -0.2) is 60.8 Å². The van der Waals surface area contributed by atoms with Gasteiger partial charge in [-0.25, -0.2) is 18.1 Å². The Morgan fingerprint density at radius 2 is 1.69 bits per heavy atom. The number of carbonyl (C=O) groups excluding carboxylic acids is 2. The van der Waals surface area contributed by atoms with Gasteiger partial charge in [0.05, 0.1) is 10.6 Å². The SMILES string of the molecule is CC1C(=O)N(c2ccc(S(=O)(=O)C(F)(F)F)cc2)C(=O)N1Cc1ccncc1CN(C)C. The molecule has 8 nitrogen and oxygen atoms in total. The third-order valence-corrected chi connectivity index (χ3v) is 6.53. The van der Waals surface area contributed by atoms with Gasteiger partial charge in [0.2, 0.25) is 0 Å². The highest BCUT2D eigenvalue weighted by molar-refractivity contribution is 7.92. The number of imide groups is 1. The average molecular weight is 470 g/mol.